The van der Waals surface area contributed by atoms with Gasteiger partial charge in [-0.3, -0.25) is 9.59 Å². The molecule has 4 aromatic rings. The van der Waals surface area contributed by atoms with Crippen molar-refractivity contribution in [2.45, 2.75) is 42.0 Å². The third-order valence-electron chi connectivity index (χ3n) is 7.68. The first kappa shape index (κ1) is 29.8. The molecule has 9 heteroatoms. The summed E-state index contributed by atoms with van der Waals surface area (Å²) >= 11 is 5.94. The lowest BCUT2D eigenvalue weighted by atomic mass is 9.97. The minimum atomic E-state index is -3.92. The highest BCUT2D eigenvalue weighted by Crippen LogP contribution is 2.22. The third-order valence-corrected chi connectivity index (χ3v) is 9.41. The summed E-state index contributed by atoms with van der Waals surface area (Å²) in [6.45, 7) is 1.15. The second-order valence-electron chi connectivity index (χ2n) is 10.6. The fourth-order valence-electron chi connectivity index (χ4n) is 5.29. The zero-order valence-corrected chi connectivity index (χ0v) is 24.8. The zero-order valence-electron chi connectivity index (χ0n) is 23.2. The molecule has 0 aliphatic carbocycles. The second kappa shape index (κ2) is 13.5. The molecule has 1 fully saturated rings. The molecule has 1 heterocycles. The standard InChI is InChI=1S/C33H34ClN3O4S/c34-22-25-14-12-24(13-15-25)20-31(33(39)37-18-6-7-19-37)36-32(38)30(27-9-2-1-3-10-27)23-35-42(40,41)29-17-16-26-8-4-5-11-28(26)21-29/h1-5,8-17,21,30-31,35H,6-7,18-20,22-23H2,(H,36,38). The number of benzene rings is 4. The summed E-state index contributed by atoms with van der Waals surface area (Å²) in [6.07, 6.45) is 2.17. The van der Waals surface area contributed by atoms with Gasteiger partial charge in [-0.1, -0.05) is 84.9 Å². The van der Waals surface area contributed by atoms with Crippen LogP contribution in [-0.4, -0.2) is 50.8 Å². The van der Waals surface area contributed by atoms with Gasteiger partial charge >= 0.3 is 0 Å². The maximum absolute atomic E-state index is 13.9. The topological polar surface area (TPSA) is 95.6 Å². The normalized spacial score (nSPS) is 14.9. The van der Waals surface area contributed by atoms with Gasteiger partial charge in [-0.25, -0.2) is 13.1 Å². The first-order valence-electron chi connectivity index (χ1n) is 14.1. The summed E-state index contributed by atoms with van der Waals surface area (Å²) in [6, 6.07) is 28.4. The van der Waals surface area contributed by atoms with E-state index in [0.29, 0.717) is 31.0 Å². The number of sulfonamides is 1. The zero-order chi connectivity index (χ0) is 29.5. The summed E-state index contributed by atoms with van der Waals surface area (Å²) in [7, 11) is -3.92. The van der Waals surface area contributed by atoms with Crippen molar-refractivity contribution in [3.63, 3.8) is 0 Å². The Morgan fingerprint density at radius 2 is 1.45 bits per heavy atom. The highest BCUT2D eigenvalue weighted by molar-refractivity contribution is 7.89. The van der Waals surface area contributed by atoms with Crippen LogP contribution in [0.1, 0.15) is 35.4 Å². The molecule has 218 valence electrons. The van der Waals surface area contributed by atoms with Crippen LogP contribution in [0, 0.1) is 0 Å². The van der Waals surface area contributed by atoms with Crippen LogP contribution in [0.4, 0.5) is 0 Å². The van der Waals surface area contributed by atoms with Crippen LogP contribution in [0.3, 0.4) is 0 Å². The number of alkyl halides is 1. The van der Waals surface area contributed by atoms with Crippen LogP contribution in [0.15, 0.2) is 102 Å². The summed E-state index contributed by atoms with van der Waals surface area (Å²) < 4.78 is 29.3. The Bertz CT molecular complexity index is 1640. The van der Waals surface area contributed by atoms with E-state index in [1.54, 1.807) is 47.4 Å². The first-order chi connectivity index (χ1) is 20.3. The summed E-state index contributed by atoms with van der Waals surface area (Å²) in [5.74, 6) is -1.02. The number of nitrogens with one attached hydrogen (secondary N) is 2. The highest BCUT2D eigenvalue weighted by Gasteiger charge is 2.31. The van der Waals surface area contributed by atoms with Crippen molar-refractivity contribution in [2.75, 3.05) is 19.6 Å². The van der Waals surface area contributed by atoms with Gasteiger partial charge in [0.15, 0.2) is 0 Å². The van der Waals surface area contributed by atoms with E-state index in [4.69, 9.17) is 11.6 Å². The van der Waals surface area contributed by atoms with E-state index >= 15 is 0 Å². The summed E-state index contributed by atoms with van der Waals surface area (Å²) in [5, 5.41) is 4.72. The molecule has 0 spiro atoms. The predicted octanol–water partition coefficient (Wildman–Crippen LogP) is 4.99. The lowest BCUT2D eigenvalue weighted by Gasteiger charge is -2.26. The number of nitrogens with zero attached hydrogens (tertiary/aromatic N) is 1. The first-order valence-corrected chi connectivity index (χ1v) is 16.1. The molecular formula is C33H34ClN3O4S. The lowest BCUT2D eigenvalue weighted by Crippen LogP contribution is -2.51. The number of amides is 2. The molecular weight excluding hydrogens is 570 g/mol. The quantitative estimate of drug-likeness (QED) is 0.236. The molecule has 1 aliphatic heterocycles. The number of hydrogen-bond donors (Lipinski definition) is 2. The molecule has 2 N–H and O–H groups in total. The Morgan fingerprint density at radius 1 is 0.810 bits per heavy atom. The minimum Gasteiger partial charge on any atom is -0.343 e. The van der Waals surface area contributed by atoms with Gasteiger partial charge in [-0.15, -0.1) is 11.6 Å². The van der Waals surface area contributed by atoms with Crippen LogP contribution >= 0.6 is 11.6 Å². The Morgan fingerprint density at radius 3 is 2.14 bits per heavy atom. The Hall–Kier alpha value is -3.72. The van der Waals surface area contributed by atoms with Crippen molar-refractivity contribution in [3.05, 3.63) is 114 Å². The largest absolute Gasteiger partial charge is 0.343 e. The minimum absolute atomic E-state index is 0.121. The summed E-state index contributed by atoms with van der Waals surface area (Å²) in [4.78, 5) is 29.3. The Kier molecular flexibility index (Phi) is 9.57. The molecule has 2 atom stereocenters. The van der Waals surface area contributed by atoms with Gasteiger partial charge in [0.2, 0.25) is 21.8 Å². The molecule has 7 nitrogen and oxygen atoms in total. The maximum Gasteiger partial charge on any atom is 0.245 e. The van der Waals surface area contributed by atoms with Crippen LogP contribution in [-0.2, 0) is 31.9 Å². The van der Waals surface area contributed by atoms with E-state index in [1.807, 2.05) is 54.6 Å². The molecule has 0 radical (unpaired) electrons. The van der Waals surface area contributed by atoms with E-state index in [2.05, 4.69) is 10.0 Å². The summed E-state index contributed by atoms with van der Waals surface area (Å²) in [5.41, 5.74) is 2.51. The maximum atomic E-state index is 13.9. The van der Waals surface area contributed by atoms with Crippen molar-refractivity contribution < 1.29 is 18.0 Å². The van der Waals surface area contributed by atoms with Gasteiger partial charge in [0.05, 0.1) is 10.8 Å². The monoisotopic (exact) mass is 603 g/mol. The van der Waals surface area contributed by atoms with Crippen molar-refractivity contribution >= 4 is 44.2 Å². The number of fused-ring (bicyclic) bond motifs is 1. The Balaban J connectivity index is 1.37. The fourth-order valence-corrected chi connectivity index (χ4v) is 6.55. The van der Waals surface area contributed by atoms with Gasteiger partial charge in [0.25, 0.3) is 0 Å². The number of hydrogen-bond acceptors (Lipinski definition) is 4. The Labute approximate surface area is 251 Å². The SMILES string of the molecule is O=C(NC(Cc1ccc(CCl)cc1)C(=O)N1CCCC1)C(CNS(=O)(=O)c1ccc2ccccc2c1)c1ccccc1. The van der Waals surface area contributed by atoms with Gasteiger partial charge in [0.1, 0.15) is 6.04 Å². The molecule has 1 saturated heterocycles. The van der Waals surface area contributed by atoms with Gasteiger partial charge in [-0.05, 0) is 52.4 Å². The van der Waals surface area contributed by atoms with Gasteiger partial charge < -0.3 is 10.2 Å². The van der Waals surface area contributed by atoms with Crippen molar-refractivity contribution in [2.24, 2.45) is 0 Å². The molecule has 4 aromatic carbocycles. The molecule has 0 aromatic heterocycles. The van der Waals surface area contributed by atoms with Crippen molar-refractivity contribution in [3.8, 4) is 0 Å². The second-order valence-corrected chi connectivity index (χ2v) is 12.6. The van der Waals surface area contributed by atoms with Crippen molar-refractivity contribution in [1.82, 2.24) is 14.9 Å². The third kappa shape index (κ3) is 7.18. The average molecular weight is 604 g/mol. The van der Waals surface area contributed by atoms with Crippen LogP contribution in [0.25, 0.3) is 10.8 Å². The molecule has 1 aliphatic rings. The van der Waals surface area contributed by atoms with E-state index in [1.165, 1.54) is 0 Å². The highest BCUT2D eigenvalue weighted by atomic mass is 35.5. The van der Waals surface area contributed by atoms with E-state index < -0.39 is 27.9 Å². The average Bonchev–Trinajstić information content (AvgIpc) is 3.56. The molecule has 0 bridgehead atoms. The number of likely N-dealkylation sites (tertiary alicyclic amines) is 1. The fraction of sp³-hybridized carbons (Fsp3) is 0.273. The van der Waals surface area contributed by atoms with Gasteiger partial charge in [-0.2, -0.15) is 0 Å². The smallest absolute Gasteiger partial charge is 0.245 e. The van der Waals surface area contributed by atoms with Gasteiger partial charge in [0, 0.05) is 31.9 Å². The lowest BCUT2D eigenvalue weighted by molar-refractivity contribution is -0.135. The van der Waals surface area contributed by atoms with Crippen molar-refractivity contribution in [1.29, 1.82) is 0 Å². The van der Waals surface area contributed by atoms with Crippen LogP contribution < -0.4 is 10.0 Å². The molecule has 2 amide bonds. The van der Waals surface area contributed by atoms with E-state index in [0.717, 1.165) is 34.7 Å². The molecule has 5 rings (SSSR count). The number of halogens is 1. The van der Waals surface area contributed by atoms with E-state index in [-0.39, 0.29) is 17.3 Å². The van der Waals surface area contributed by atoms with Crippen LogP contribution in [0.2, 0.25) is 0 Å². The number of carbonyl (C=O) groups is 2. The van der Waals surface area contributed by atoms with E-state index in [9.17, 15) is 18.0 Å². The predicted molar refractivity (Wildman–Crippen MR) is 166 cm³/mol. The number of rotatable bonds is 11. The molecule has 2 unspecified atom stereocenters. The molecule has 0 saturated carbocycles. The number of carbonyl (C=O) groups excluding carboxylic acids is 2. The van der Waals surface area contributed by atoms with Crippen LogP contribution in [0.5, 0.6) is 0 Å². The molecule has 42 heavy (non-hydrogen) atoms.